The van der Waals surface area contributed by atoms with Gasteiger partial charge in [-0.15, -0.1) is 11.3 Å². The number of amides is 2. The average molecular weight is 341 g/mol. The molecular formula is C18H19N3O2S. The van der Waals surface area contributed by atoms with E-state index in [-0.39, 0.29) is 5.91 Å². The maximum absolute atomic E-state index is 12.3. The number of carbonyl (C=O) groups excluding carboxylic acids is 2. The van der Waals surface area contributed by atoms with Crippen LogP contribution in [0.25, 0.3) is 10.9 Å². The number of nitrogens with two attached hydrogens (primary N) is 1. The minimum Gasteiger partial charge on any atom is -0.365 e. The number of fused-ring (bicyclic) bond motifs is 1. The second-order valence-corrected chi connectivity index (χ2v) is 6.94. The van der Waals surface area contributed by atoms with Crippen molar-refractivity contribution in [3.63, 3.8) is 0 Å². The average Bonchev–Trinajstić information content (AvgIpc) is 3.07. The van der Waals surface area contributed by atoms with Gasteiger partial charge in [0.25, 0.3) is 5.91 Å². The van der Waals surface area contributed by atoms with E-state index < -0.39 is 5.91 Å². The van der Waals surface area contributed by atoms with Crippen molar-refractivity contribution in [1.29, 1.82) is 0 Å². The minimum absolute atomic E-state index is 0.128. The zero-order valence-corrected chi connectivity index (χ0v) is 14.4. The van der Waals surface area contributed by atoms with Crippen molar-refractivity contribution in [2.75, 3.05) is 5.32 Å². The van der Waals surface area contributed by atoms with Crippen LogP contribution in [-0.2, 0) is 11.3 Å². The van der Waals surface area contributed by atoms with Crippen molar-refractivity contribution >= 4 is 39.1 Å². The topological polar surface area (TPSA) is 77.1 Å². The van der Waals surface area contributed by atoms with Crippen LogP contribution in [0.1, 0.15) is 27.2 Å². The first-order chi connectivity index (χ1) is 11.5. The SMILES string of the molecule is Cc1sc(NC(=O)CCn2ccc3ccccc32)c(C(N)=O)c1C. The van der Waals surface area contributed by atoms with E-state index in [1.165, 1.54) is 11.3 Å². The van der Waals surface area contributed by atoms with E-state index in [9.17, 15) is 9.59 Å². The Bertz CT molecular complexity index is 924. The molecule has 0 spiro atoms. The summed E-state index contributed by atoms with van der Waals surface area (Å²) in [6.07, 6.45) is 2.30. The van der Waals surface area contributed by atoms with Crippen molar-refractivity contribution in [2.24, 2.45) is 5.73 Å². The highest BCUT2D eigenvalue weighted by atomic mass is 32.1. The van der Waals surface area contributed by atoms with Gasteiger partial charge in [0.1, 0.15) is 5.00 Å². The number of hydrogen-bond donors (Lipinski definition) is 2. The number of nitrogens with one attached hydrogen (secondary N) is 1. The third-order valence-electron chi connectivity index (χ3n) is 4.14. The van der Waals surface area contributed by atoms with Crippen LogP contribution in [0.4, 0.5) is 5.00 Å². The summed E-state index contributed by atoms with van der Waals surface area (Å²) in [4.78, 5) is 24.9. The van der Waals surface area contributed by atoms with Crippen LogP contribution in [0.15, 0.2) is 36.5 Å². The number of thiophene rings is 1. The van der Waals surface area contributed by atoms with E-state index in [1.54, 1.807) is 0 Å². The summed E-state index contributed by atoms with van der Waals surface area (Å²) in [6.45, 7) is 4.33. The third kappa shape index (κ3) is 3.05. The Morgan fingerprint density at radius 1 is 1.21 bits per heavy atom. The van der Waals surface area contributed by atoms with Crippen molar-refractivity contribution < 1.29 is 9.59 Å². The molecule has 0 fully saturated rings. The molecule has 24 heavy (non-hydrogen) atoms. The molecule has 3 N–H and O–H groups in total. The standard InChI is InChI=1S/C18H19N3O2S/c1-11-12(2)24-18(16(11)17(19)23)20-15(22)8-10-21-9-7-13-5-3-4-6-14(13)21/h3-7,9H,8,10H2,1-2H3,(H2,19,23)(H,20,22). The van der Waals surface area contributed by atoms with Crippen LogP contribution in [0, 0.1) is 13.8 Å². The maximum Gasteiger partial charge on any atom is 0.251 e. The van der Waals surface area contributed by atoms with Crippen molar-refractivity contribution in [2.45, 2.75) is 26.8 Å². The van der Waals surface area contributed by atoms with E-state index >= 15 is 0 Å². The fourth-order valence-electron chi connectivity index (χ4n) is 2.76. The highest BCUT2D eigenvalue weighted by Crippen LogP contribution is 2.32. The van der Waals surface area contributed by atoms with E-state index in [1.807, 2.05) is 50.4 Å². The lowest BCUT2D eigenvalue weighted by atomic mass is 10.1. The van der Waals surface area contributed by atoms with Crippen LogP contribution in [0.2, 0.25) is 0 Å². The van der Waals surface area contributed by atoms with Gasteiger partial charge in [-0.3, -0.25) is 9.59 Å². The van der Waals surface area contributed by atoms with E-state index in [0.29, 0.717) is 23.5 Å². The largest absolute Gasteiger partial charge is 0.365 e. The molecule has 0 aliphatic heterocycles. The third-order valence-corrected chi connectivity index (χ3v) is 5.27. The molecule has 0 saturated carbocycles. The molecule has 3 aromatic rings. The van der Waals surface area contributed by atoms with Crippen LogP contribution >= 0.6 is 11.3 Å². The summed E-state index contributed by atoms with van der Waals surface area (Å²) >= 11 is 1.38. The normalized spacial score (nSPS) is 10.9. The lowest BCUT2D eigenvalue weighted by Gasteiger charge is -2.07. The lowest BCUT2D eigenvalue weighted by Crippen LogP contribution is -2.18. The van der Waals surface area contributed by atoms with Gasteiger partial charge in [-0.25, -0.2) is 0 Å². The molecule has 0 aliphatic rings. The highest BCUT2D eigenvalue weighted by molar-refractivity contribution is 7.16. The number of hydrogen-bond acceptors (Lipinski definition) is 3. The van der Waals surface area contributed by atoms with Gasteiger partial charge in [-0.1, -0.05) is 18.2 Å². The minimum atomic E-state index is -0.511. The summed E-state index contributed by atoms with van der Waals surface area (Å²) in [7, 11) is 0. The van der Waals surface area contributed by atoms with Crippen LogP contribution in [0.3, 0.4) is 0 Å². The molecule has 124 valence electrons. The number of benzene rings is 1. The Morgan fingerprint density at radius 3 is 2.71 bits per heavy atom. The second-order valence-electron chi connectivity index (χ2n) is 5.72. The smallest absolute Gasteiger partial charge is 0.251 e. The van der Waals surface area contributed by atoms with Gasteiger partial charge >= 0.3 is 0 Å². The van der Waals surface area contributed by atoms with Crippen LogP contribution in [0.5, 0.6) is 0 Å². The fourth-order valence-corrected chi connectivity index (χ4v) is 3.84. The van der Waals surface area contributed by atoms with E-state index in [4.69, 9.17) is 5.73 Å². The number of anilines is 1. The number of para-hydroxylation sites is 1. The molecule has 0 aliphatic carbocycles. The van der Waals surface area contributed by atoms with Crippen LogP contribution in [-0.4, -0.2) is 16.4 Å². The van der Waals surface area contributed by atoms with Gasteiger partial charge in [0.15, 0.2) is 0 Å². The first-order valence-corrected chi connectivity index (χ1v) is 8.52. The first-order valence-electron chi connectivity index (χ1n) is 7.71. The molecule has 0 saturated heterocycles. The predicted molar refractivity (Wildman–Crippen MR) is 97.5 cm³/mol. The summed E-state index contributed by atoms with van der Waals surface area (Å²) in [5, 5.41) is 4.52. The number of aryl methyl sites for hydroxylation is 2. The molecule has 2 aromatic heterocycles. The Morgan fingerprint density at radius 2 is 1.96 bits per heavy atom. The zero-order chi connectivity index (χ0) is 17.3. The number of rotatable bonds is 5. The molecule has 5 nitrogen and oxygen atoms in total. The summed E-state index contributed by atoms with van der Waals surface area (Å²) < 4.78 is 2.05. The van der Waals surface area contributed by atoms with E-state index in [0.717, 1.165) is 21.3 Å². The van der Waals surface area contributed by atoms with Gasteiger partial charge in [0.2, 0.25) is 5.91 Å². The van der Waals surface area contributed by atoms with Crippen molar-refractivity contribution in [3.8, 4) is 0 Å². The van der Waals surface area contributed by atoms with Crippen molar-refractivity contribution in [1.82, 2.24) is 4.57 Å². The van der Waals surface area contributed by atoms with E-state index in [2.05, 4.69) is 9.88 Å². The Balaban J connectivity index is 1.71. The van der Waals surface area contributed by atoms with Gasteiger partial charge < -0.3 is 15.6 Å². The molecule has 6 heteroatoms. The molecule has 3 rings (SSSR count). The molecular weight excluding hydrogens is 322 g/mol. The molecule has 1 aromatic carbocycles. The predicted octanol–water partition coefficient (Wildman–Crippen LogP) is 3.45. The molecule has 2 heterocycles. The monoisotopic (exact) mass is 341 g/mol. The van der Waals surface area contributed by atoms with Gasteiger partial charge in [0, 0.05) is 29.6 Å². The van der Waals surface area contributed by atoms with Gasteiger partial charge in [-0.2, -0.15) is 0 Å². The zero-order valence-electron chi connectivity index (χ0n) is 13.6. The Labute approximate surface area is 144 Å². The summed E-state index contributed by atoms with van der Waals surface area (Å²) in [5.41, 5.74) is 7.78. The Hall–Kier alpha value is -2.60. The molecule has 0 radical (unpaired) electrons. The highest BCUT2D eigenvalue weighted by Gasteiger charge is 2.18. The molecule has 0 unspecified atom stereocenters. The number of primary amides is 1. The van der Waals surface area contributed by atoms with Crippen molar-refractivity contribution in [3.05, 3.63) is 52.5 Å². The maximum atomic E-state index is 12.3. The molecule has 0 atom stereocenters. The van der Waals surface area contributed by atoms with Crippen LogP contribution < -0.4 is 11.1 Å². The van der Waals surface area contributed by atoms with Gasteiger partial charge in [-0.05, 0) is 36.9 Å². The quantitative estimate of drug-likeness (QED) is 0.745. The summed E-state index contributed by atoms with van der Waals surface area (Å²) in [6, 6.07) is 10.1. The number of carbonyl (C=O) groups is 2. The molecule has 2 amide bonds. The summed E-state index contributed by atoms with van der Waals surface area (Å²) in [5.74, 6) is -0.639. The first kappa shape index (κ1) is 16.3. The lowest BCUT2D eigenvalue weighted by molar-refractivity contribution is -0.116. The Kier molecular flexibility index (Phi) is 4.40. The van der Waals surface area contributed by atoms with Gasteiger partial charge in [0.05, 0.1) is 5.56 Å². The molecule has 0 bridgehead atoms. The number of nitrogens with zero attached hydrogens (tertiary/aromatic N) is 1. The second kappa shape index (κ2) is 6.49. The fraction of sp³-hybridized carbons (Fsp3) is 0.222. The number of aromatic nitrogens is 1.